The molecule has 2 rings (SSSR count). The molecule has 0 amide bonds. The first kappa shape index (κ1) is 14.6. The molecule has 3 heteroatoms. The second kappa shape index (κ2) is 7.13. The number of ketones is 1. The molecule has 0 aromatic heterocycles. The van der Waals surface area contributed by atoms with Crippen LogP contribution in [0.4, 0.5) is 5.69 Å². The zero-order valence-electron chi connectivity index (χ0n) is 12.3. The number of rotatable bonds is 5. The van der Waals surface area contributed by atoms with Crippen LogP contribution in [0, 0.1) is 5.92 Å². The van der Waals surface area contributed by atoms with Gasteiger partial charge in [-0.15, -0.1) is 0 Å². The summed E-state index contributed by atoms with van der Waals surface area (Å²) in [5.74, 6) is 1.33. The third-order valence-electron chi connectivity index (χ3n) is 3.59. The number of hydrogen-bond donors (Lipinski definition) is 1. The molecule has 1 aliphatic rings. The lowest BCUT2D eigenvalue weighted by Gasteiger charge is -2.19. The Bertz CT molecular complexity index is 476. The molecule has 1 N–H and O–H groups in total. The molecule has 1 atom stereocenters. The number of hydrogen-bond acceptors (Lipinski definition) is 3. The van der Waals surface area contributed by atoms with Crippen LogP contribution >= 0.6 is 0 Å². The van der Waals surface area contributed by atoms with E-state index in [1.807, 2.05) is 37.4 Å². The first-order valence-electron chi connectivity index (χ1n) is 7.43. The minimum Gasteiger partial charge on any atom is -0.494 e. The molecule has 0 bridgehead atoms. The second-order valence-electron chi connectivity index (χ2n) is 5.34. The fourth-order valence-electron chi connectivity index (χ4n) is 2.35. The molecule has 0 aliphatic heterocycles. The summed E-state index contributed by atoms with van der Waals surface area (Å²) in [5.41, 5.74) is 1.89. The van der Waals surface area contributed by atoms with Crippen molar-refractivity contribution in [2.75, 3.05) is 11.9 Å². The van der Waals surface area contributed by atoms with Crippen molar-refractivity contribution in [3.63, 3.8) is 0 Å². The molecule has 0 spiro atoms. The first-order chi connectivity index (χ1) is 9.70. The van der Waals surface area contributed by atoms with Crippen molar-refractivity contribution in [1.82, 2.24) is 0 Å². The van der Waals surface area contributed by atoms with Gasteiger partial charge in [0.25, 0.3) is 0 Å². The lowest BCUT2D eigenvalue weighted by atomic mass is 9.86. The van der Waals surface area contributed by atoms with E-state index in [1.54, 1.807) is 0 Å². The Hall–Kier alpha value is -1.77. The number of allylic oxidation sites excluding steroid dienone is 1. The Labute approximate surface area is 121 Å². The summed E-state index contributed by atoms with van der Waals surface area (Å²) in [7, 11) is 0. The molecule has 1 aromatic rings. The standard InChI is InChI=1S/C17H23NO2/c1-3-11-20-16-9-7-15(8-10-16)18-12-14-6-4-5-13(2)17(14)19/h7-10,12-13,18H,3-6,11H2,1-2H3/b14-12-/t13-/m0/s1. The maximum atomic E-state index is 12.0. The van der Waals surface area contributed by atoms with E-state index in [0.717, 1.165) is 49.3 Å². The second-order valence-corrected chi connectivity index (χ2v) is 5.34. The fraction of sp³-hybridized carbons (Fsp3) is 0.471. The van der Waals surface area contributed by atoms with Gasteiger partial charge in [-0.2, -0.15) is 0 Å². The fourth-order valence-corrected chi connectivity index (χ4v) is 2.35. The smallest absolute Gasteiger partial charge is 0.163 e. The molecular weight excluding hydrogens is 250 g/mol. The topological polar surface area (TPSA) is 38.3 Å². The average molecular weight is 273 g/mol. The van der Waals surface area contributed by atoms with Crippen molar-refractivity contribution >= 4 is 11.5 Å². The number of anilines is 1. The lowest BCUT2D eigenvalue weighted by molar-refractivity contribution is -0.119. The molecule has 108 valence electrons. The van der Waals surface area contributed by atoms with Gasteiger partial charge in [-0.3, -0.25) is 4.79 Å². The molecule has 0 saturated heterocycles. The summed E-state index contributed by atoms with van der Waals surface area (Å²) in [6, 6.07) is 7.83. The van der Waals surface area contributed by atoms with E-state index in [9.17, 15) is 4.79 Å². The molecule has 1 aromatic carbocycles. The molecule has 1 saturated carbocycles. The summed E-state index contributed by atoms with van der Waals surface area (Å²) in [6.45, 7) is 4.84. The van der Waals surface area contributed by atoms with Gasteiger partial charge in [0.2, 0.25) is 0 Å². The van der Waals surface area contributed by atoms with Crippen LogP contribution in [0.3, 0.4) is 0 Å². The maximum Gasteiger partial charge on any atom is 0.163 e. The van der Waals surface area contributed by atoms with E-state index in [-0.39, 0.29) is 11.7 Å². The van der Waals surface area contributed by atoms with Crippen molar-refractivity contribution in [1.29, 1.82) is 0 Å². The van der Waals surface area contributed by atoms with Crippen molar-refractivity contribution in [2.24, 2.45) is 5.92 Å². The van der Waals surface area contributed by atoms with Crippen LogP contribution in [0.2, 0.25) is 0 Å². The van der Waals surface area contributed by atoms with E-state index in [0.29, 0.717) is 0 Å². The molecule has 0 heterocycles. The SMILES string of the molecule is CCCOc1ccc(N/C=C2/CCC[C@H](C)C2=O)cc1. The molecule has 20 heavy (non-hydrogen) atoms. The lowest BCUT2D eigenvalue weighted by Crippen LogP contribution is -2.19. The Morgan fingerprint density at radius 2 is 2.10 bits per heavy atom. The molecule has 0 radical (unpaired) electrons. The number of benzene rings is 1. The van der Waals surface area contributed by atoms with Gasteiger partial charge in [-0.25, -0.2) is 0 Å². The van der Waals surface area contributed by atoms with Crippen LogP contribution in [-0.2, 0) is 4.79 Å². The van der Waals surface area contributed by atoms with Crippen LogP contribution in [0.1, 0.15) is 39.5 Å². The first-order valence-corrected chi connectivity index (χ1v) is 7.43. The quantitative estimate of drug-likeness (QED) is 0.819. The highest BCUT2D eigenvalue weighted by Crippen LogP contribution is 2.25. The molecular formula is C17H23NO2. The van der Waals surface area contributed by atoms with E-state index >= 15 is 0 Å². The van der Waals surface area contributed by atoms with Crippen molar-refractivity contribution < 1.29 is 9.53 Å². The average Bonchev–Trinajstić information content (AvgIpc) is 2.48. The van der Waals surface area contributed by atoms with E-state index in [2.05, 4.69) is 12.2 Å². The molecule has 0 unspecified atom stereocenters. The van der Waals surface area contributed by atoms with Gasteiger partial charge in [-0.05, 0) is 49.9 Å². The normalized spacial score (nSPS) is 21.0. The predicted octanol–water partition coefficient (Wildman–Crippen LogP) is 4.16. The summed E-state index contributed by atoms with van der Waals surface area (Å²) in [4.78, 5) is 12.0. The van der Waals surface area contributed by atoms with Crippen molar-refractivity contribution in [3.8, 4) is 5.75 Å². The zero-order valence-corrected chi connectivity index (χ0v) is 12.3. The number of nitrogens with one attached hydrogen (secondary N) is 1. The number of Topliss-reactive ketones (excluding diaryl/α,β-unsaturated/α-hetero) is 1. The predicted molar refractivity (Wildman–Crippen MR) is 82.0 cm³/mol. The Kier molecular flexibility index (Phi) is 5.22. The highest BCUT2D eigenvalue weighted by Gasteiger charge is 2.22. The van der Waals surface area contributed by atoms with E-state index in [1.165, 1.54) is 0 Å². The van der Waals surface area contributed by atoms with Gasteiger partial charge in [-0.1, -0.05) is 13.8 Å². The third kappa shape index (κ3) is 3.86. The van der Waals surface area contributed by atoms with Crippen LogP contribution in [0.15, 0.2) is 36.0 Å². The number of carbonyl (C=O) groups is 1. The number of carbonyl (C=O) groups excluding carboxylic acids is 1. The summed E-state index contributed by atoms with van der Waals surface area (Å²) in [5, 5.41) is 3.21. The number of ether oxygens (including phenoxy) is 1. The van der Waals surface area contributed by atoms with Gasteiger partial charge >= 0.3 is 0 Å². The zero-order chi connectivity index (χ0) is 14.4. The third-order valence-corrected chi connectivity index (χ3v) is 3.59. The summed E-state index contributed by atoms with van der Waals surface area (Å²) >= 11 is 0. The van der Waals surface area contributed by atoms with Gasteiger partial charge in [0.05, 0.1) is 6.61 Å². The Morgan fingerprint density at radius 1 is 1.35 bits per heavy atom. The van der Waals surface area contributed by atoms with E-state index in [4.69, 9.17) is 4.74 Å². The van der Waals surface area contributed by atoms with Crippen LogP contribution in [-0.4, -0.2) is 12.4 Å². The minimum atomic E-state index is 0.168. The minimum absolute atomic E-state index is 0.168. The van der Waals surface area contributed by atoms with Gasteiger partial charge < -0.3 is 10.1 Å². The monoisotopic (exact) mass is 273 g/mol. The van der Waals surface area contributed by atoms with Crippen molar-refractivity contribution in [2.45, 2.75) is 39.5 Å². The highest BCUT2D eigenvalue weighted by molar-refractivity contribution is 5.97. The molecule has 1 fully saturated rings. The van der Waals surface area contributed by atoms with Gasteiger partial charge in [0.1, 0.15) is 5.75 Å². The van der Waals surface area contributed by atoms with Crippen molar-refractivity contribution in [3.05, 3.63) is 36.0 Å². The largest absolute Gasteiger partial charge is 0.494 e. The van der Waals surface area contributed by atoms with Crippen LogP contribution < -0.4 is 10.1 Å². The maximum absolute atomic E-state index is 12.0. The van der Waals surface area contributed by atoms with Gasteiger partial charge in [0.15, 0.2) is 5.78 Å². The van der Waals surface area contributed by atoms with Crippen LogP contribution in [0.5, 0.6) is 5.75 Å². The molecule has 3 nitrogen and oxygen atoms in total. The Balaban J connectivity index is 1.94. The Morgan fingerprint density at radius 3 is 2.80 bits per heavy atom. The van der Waals surface area contributed by atoms with Gasteiger partial charge in [0, 0.05) is 23.4 Å². The summed E-state index contributed by atoms with van der Waals surface area (Å²) < 4.78 is 5.54. The summed E-state index contributed by atoms with van der Waals surface area (Å²) in [6.07, 6.45) is 5.87. The van der Waals surface area contributed by atoms with Crippen LogP contribution in [0.25, 0.3) is 0 Å². The van der Waals surface area contributed by atoms with E-state index < -0.39 is 0 Å². The molecule has 1 aliphatic carbocycles. The highest BCUT2D eigenvalue weighted by atomic mass is 16.5.